The molecule has 310 valence electrons. The van der Waals surface area contributed by atoms with Crippen molar-refractivity contribution >= 4 is 41.2 Å². The van der Waals surface area contributed by atoms with Crippen LogP contribution in [0.3, 0.4) is 0 Å². The lowest BCUT2D eigenvalue weighted by Gasteiger charge is -2.34. The summed E-state index contributed by atoms with van der Waals surface area (Å²) in [7, 11) is 0. The standard InChI is InChI=1S/C41H60N4O11/c1-7-12-26(36(49)30(46)17-18-33(48)43-35(38(42)50)28-15-11-16-32-37(28)55-23-54-32)19-31(47)29-20-27(56-41(4,5)6)21-45(29)39(51)34(25-13-9-8-10-14-25)44-40(52)53-22-24(2)3/h11,15-16,24-27,29,34-35H,7-10,12-14,17-23H2,1-6H3,(H2,42,50)(H,43,48)(H,44,52)/t26?,27-,29+,34+,35?/m1/s1. The average Bonchev–Trinajstić information content (AvgIpc) is 3.80. The molecule has 2 fully saturated rings. The van der Waals surface area contributed by atoms with E-state index in [2.05, 4.69) is 10.6 Å². The highest BCUT2D eigenvalue weighted by atomic mass is 16.7. The second kappa shape index (κ2) is 20.1. The fourth-order valence-electron chi connectivity index (χ4n) is 7.72. The van der Waals surface area contributed by atoms with Crippen molar-refractivity contribution < 1.29 is 52.5 Å². The maximum absolute atomic E-state index is 14.5. The number of nitrogens with one attached hydrogen (secondary N) is 2. The Morgan fingerprint density at radius 3 is 2.34 bits per heavy atom. The van der Waals surface area contributed by atoms with Gasteiger partial charge in [-0.2, -0.15) is 0 Å². The van der Waals surface area contributed by atoms with Gasteiger partial charge in [0.2, 0.25) is 30.3 Å². The van der Waals surface area contributed by atoms with Crippen LogP contribution in [0.15, 0.2) is 18.2 Å². The molecule has 1 saturated carbocycles. The molecule has 2 unspecified atom stereocenters. The highest BCUT2D eigenvalue weighted by molar-refractivity contribution is 6.38. The number of hydrogen-bond acceptors (Lipinski definition) is 11. The van der Waals surface area contributed by atoms with E-state index in [-0.39, 0.29) is 62.6 Å². The Balaban J connectivity index is 1.46. The number of nitrogens with zero attached hydrogens (tertiary/aromatic N) is 1. The Morgan fingerprint density at radius 1 is 0.982 bits per heavy atom. The topological polar surface area (TPSA) is 210 Å². The maximum atomic E-state index is 14.5. The number of benzene rings is 1. The van der Waals surface area contributed by atoms with Crippen LogP contribution in [0.1, 0.15) is 124 Å². The SMILES string of the molecule is CCCC(CC(=O)[C@@H]1C[C@@H](OC(C)(C)C)CN1C(=O)[C@@H](NC(=O)OCC(C)C)C1CCCCC1)C(=O)C(=O)CCC(=O)NC(C(N)=O)c1cccc2c1OCO2. The molecule has 1 aromatic rings. The Morgan fingerprint density at radius 2 is 1.70 bits per heavy atom. The van der Waals surface area contributed by atoms with E-state index in [1.54, 1.807) is 18.2 Å². The van der Waals surface area contributed by atoms with Gasteiger partial charge in [-0.3, -0.25) is 28.8 Å². The number of para-hydroxylation sites is 1. The molecule has 1 saturated heterocycles. The molecule has 0 spiro atoms. The Bertz CT molecular complexity index is 1600. The summed E-state index contributed by atoms with van der Waals surface area (Å²) in [5.74, 6) is -4.26. The number of hydrogen-bond donors (Lipinski definition) is 3. The van der Waals surface area contributed by atoms with E-state index < -0.39 is 84.0 Å². The van der Waals surface area contributed by atoms with Gasteiger partial charge in [-0.15, -0.1) is 0 Å². The molecule has 4 rings (SSSR count). The van der Waals surface area contributed by atoms with E-state index >= 15 is 0 Å². The van der Waals surface area contributed by atoms with E-state index in [4.69, 9.17) is 24.7 Å². The van der Waals surface area contributed by atoms with Gasteiger partial charge in [-0.25, -0.2) is 4.79 Å². The second-order valence-corrected chi connectivity index (χ2v) is 16.5. The molecule has 2 heterocycles. The third-order valence-corrected chi connectivity index (χ3v) is 10.3. The van der Waals surface area contributed by atoms with Gasteiger partial charge in [-0.05, 0) is 57.9 Å². The number of primary amides is 1. The molecule has 4 N–H and O–H groups in total. The van der Waals surface area contributed by atoms with Crippen LogP contribution in [-0.2, 0) is 38.2 Å². The predicted molar refractivity (Wildman–Crippen MR) is 204 cm³/mol. The molecule has 0 aromatic heterocycles. The molecule has 1 aliphatic carbocycles. The summed E-state index contributed by atoms with van der Waals surface area (Å²) in [6, 6.07) is 1.72. The highest BCUT2D eigenvalue weighted by Crippen LogP contribution is 2.38. The van der Waals surface area contributed by atoms with Crippen LogP contribution in [0.4, 0.5) is 4.79 Å². The Kier molecular flexibility index (Phi) is 15.8. The number of carbonyl (C=O) groups excluding carboxylic acids is 7. The normalized spacial score (nSPS) is 19.9. The number of ether oxygens (including phenoxy) is 4. The van der Waals surface area contributed by atoms with Crippen LogP contribution in [0.5, 0.6) is 11.5 Å². The van der Waals surface area contributed by atoms with Crippen molar-refractivity contribution in [1.82, 2.24) is 15.5 Å². The van der Waals surface area contributed by atoms with Crippen molar-refractivity contribution in [1.29, 1.82) is 0 Å². The van der Waals surface area contributed by atoms with Gasteiger partial charge in [0.1, 0.15) is 12.1 Å². The third kappa shape index (κ3) is 12.2. The monoisotopic (exact) mass is 784 g/mol. The Hall–Kier alpha value is -4.53. The number of likely N-dealkylation sites (tertiary alicyclic amines) is 1. The number of rotatable bonds is 19. The smallest absolute Gasteiger partial charge is 0.407 e. The number of fused-ring (bicyclic) bond motifs is 1. The third-order valence-electron chi connectivity index (χ3n) is 10.3. The molecule has 56 heavy (non-hydrogen) atoms. The summed E-state index contributed by atoms with van der Waals surface area (Å²) < 4.78 is 22.4. The van der Waals surface area contributed by atoms with Crippen LogP contribution < -0.4 is 25.8 Å². The van der Waals surface area contributed by atoms with Crippen molar-refractivity contribution in [2.24, 2.45) is 23.5 Å². The van der Waals surface area contributed by atoms with Crippen LogP contribution >= 0.6 is 0 Å². The highest BCUT2D eigenvalue weighted by Gasteiger charge is 2.46. The number of carbonyl (C=O) groups is 7. The van der Waals surface area contributed by atoms with Crippen LogP contribution in [0, 0.1) is 17.8 Å². The first-order valence-corrected chi connectivity index (χ1v) is 20.0. The number of alkyl carbamates (subject to hydrolysis) is 1. The number of ketones is 3. The molecule has 5 atom stereocenters. The fraction of sp³-hybridized carbons (Fsp3) is 0.683. The zero-order valence-corrected chi connectivity index (χ0v) is 33.7. The first kappa shape index (κ1) is 44.2. The van der Waals surface area contributed by atoms with E-state index in [1.807, 2.05) is 41.5 Å². The first-order valence-electron chi connectivity index (χ1n) is 20.0. The number of amides is 4. The lowest BCUT2D eigenvalue weighted by molar-refractivity contribution is -0.143. The molecule has 3 aliphatic rings. The number of Topliss-reactive ketones (excluding diaryl/α,β-unsaturated/α-hetero) is 3. The van der Waals surface area contributed by atoms with Crippen molar-refractivity contribution in [3.63, 3.8) is 0 Å². The van der Waals surface area contributed by atoms with Gasteiger partial charge in [0.15, 0.2) is 23.1 Å². The number of nitrogens with two attached hydrogens (primary N) is 1. The van der Waals surface area contributed by atoms with Crippen LogP contribution in [0.2, 0.25) is 0 Å². The lowest BCUT2D eigenvalue weighted by Crippen LogP contribution is -2.55. The Labute approximate surface area is 329 Å². The molecule has 15 nitrogen and oxygen atoms in total. The molecular weight excluding hydrogens is 724 g/mol. The molecule has 4 amide bonds. The van der Waals surface area contributed by atoms with Crippen LogP contribution in [-0.4, -0.2) is 89.8 Å². The maximum Gasteiger partial charge on any atom is 0.407 e. The summed E-state index contributed by atoms with van der Waals surface area (Å²) in [4.78, 5) is 95.1. The van der Waals surface area contributed by atoms with Crippen molar-refractivity contribution in [3.8, 4) is 11.5 Å². The van der Waals surface area contributed by atoms with Gasteiger partial charge < -0.3 is 40.2 Å². The largest absolute Gasteiger partial charge is 0.454 e. The van der Waals surface area contributed by atoms with E-state index in [0.717, 1.165) is 32.1 Å². The predicted octanol–water partition coefficient (Wildman–Crippen LogP) is 4.47. The van der Waals surface area contributed by atoms with Crippen LogP contribution in [0.25, 0.3) is 0 Å². The summed E-state index contributed by atoms with van der Waals surface area (Å²) in [6.45, 7) is 11.6. The fourth-order valence-corrected chi connectivity index (χ4v) is 7.72. The average molecular weight is 785 g/mol. The molecule has 0 bridgehead atoms. The summed E-state index contributed by atoms with van der Waals surface area (Å²) >= 11 is 0. The first-order chi connectivity index (χ1) is 26.5. The molecule has 2 aliphatic heterocycles. The minimum Gasteiger partial charge on any atom is -0.454 e. The summed E-state index contributed by atoms with van der Waals surface area (Å²) in [6.07, 6.45) is 2.97. The van der Waals surface area contributed by atoms with Crippen molar-refractivity contribution in [2.45, 2.75) is 142 Å². The van der Waals surface area contributed by atoms with Crippen molar-refractivity contribution in [3.05, 3.63) is 23.8 Å². The van der Waals surface area contributed by atoms with E-state index in [0.29, 0.717) is 17.7 Å². The summed E-state index contributed by atoms with van der Waals surface area (Å²) in [5, 5.41) is 5.35. The molecule has 1 aromatic carbocycles. The zero-order valence-electron chi connectivity index (χ0n) is 33.7. The lowest BCUT2D eigenvalue weighted by atomic mass is 9.83. The van der Waals surface area contributed by atoms with E-state index in [9.17, 15) is 33.6 Å². The minimum absolute atomic E-state index is 0.0582. The van der Waals surface area contributed by atoms with Gasteiger partial charge in [-0.1, -0.05) is 58.6 Å². The van der Waals surface area contributed by atoms with Gasteiger partial charge in [0.05, 0.1) is 24.4 Å². The zero-order chi connectivity index (χ0) is 41.2. The molecule has 15 heteroatoms. The molecule has 0 radical (unpaired) electrons. The van der Waals surface area contributed by atoms with Gasteiger partial charge in [0.25, 0.3) is 0 Å². The second-order valence-electron chi connectivity index (χ2n) is 16.5. The summed E-state index contributed by atoms with van der Waals surface area (Å²) in [5.41, 5.74) is 5.32. The minimum atomic E-state index is -1.27. The van der Waals surface area contributed by atoms with Crippen molar-refractivity contribution in [2.75, 3.05) is 19.9 Å². The molecular formula is C41H60N4O11. The van der Waals surface area contributed by atoms with Gasteiger partial charge >= 0.3 is 6.09 Å². The van der Waals surface area contributed by atoms with E-state index in [1.165, 1.54) is 4.90 Å². The van der Waals surface area contributed by atoms with Gasteiger partial charge in [0, 0.05) is 43.7 Å². The quantitative estimate of drug-likeness (QED) is 0.167.